The minimum absolute atomic E-state index is 0. The van der Waals surface area contributed by atoms with E-state index in [-0.39, 0.29) is 40.0 Å². The van der Waals surface area contributed by atoms with Gasteiger partial charge in [0.25, 0.3) is 0 Å². The van der Waals surface area contributed by atoms with Crippen LogP contribution in [0.5, 0.6) is 0 Å². The second kappa shape index (κ2) is 3.59. The molecule has 2 aliphatic carbocycles. The summed E-state index contributed by atoms with van der Waals surface area (Å²) in [7, 11) is 0. The number of rotatable bonds is 0. The zero-order chi connectivity index (χ0) is 5.61. The van der Waals surface area contributed by atoms with Crippen molar-refractivity contribution in [1.29, 1.82) is 0 Å². The molecule has 0 aliphatic heterocycles. The van der Waals surface area contributed by atoms with E-state index in [1.165, 1.54) is 19.3 Å². The fraction of sp³-hybridized carbons (Fsp3) is 0.625. The van der Waals surface area contributed by atoms with E-state index in [0.717, 1.165) is 5.92 Å². The molecule has 1 saturated carbocycles. The van der Waals surface area contributed by atoms with Crippen LogP contribution in [0.25, 0.3) is 0 Å². The summed E-state index contributed by atoms with van der Waals surface area (Å²) in [4.78, 5) is 0. The van der Waals surface area contributed by atoms with Gasteiger partial charge in [-0.2, -0.15) is 0 Å². The molecule has 2 unspecified atom stereocenters. The molecule has 0 aromatic rings. The Bertz CT molecular complexity index is 144. The molecule has 2 bridgehead atoms. The SMILES string of the molecule is [Br-].[CH2-]C12C=CC(CC1)C2.[Mg+2]. The van der Waals surface area contributed by atoms with Gasteiger partial charge in [-0.1, -0.05) is 18.9 Å². The Labute approximate surface area is 89.4 Å². The average Bonchev–Trinajstić information content (AvgIpc) is 2.21. The van der Waals surface area contributed by atoms with E-state index >= 15 is 0 Å². The largest absolute Gasteiger partial charge is 2.00 e. The van der Waals surface area contributed by atoms with Crippen LogP contribution in [0.1, 0.15) is 19.3 Å². The van der Waals surface area contributed by atoms with Crippen molar-refractivity contribution >= 4 is 23.1 Å². The number of halogens is 1. The quantitative estimate of drug-likeness (QED) is 0.268. The Morgan fingerprint density at radius 2 is 2.20 bits per heavy atom. The van der Waals surface area contributed by atoms with Crippen molar-refractivity contribution in [3.8, 4) is 0 Å². The molecule has 0 heterocycles. The van der Waals surface area contributed by atoms with Gasteiger partial charge in [-0.3, -0.25) is 0 Å². The molecular formula is C8H11BrMg. The van der Waals surface area contributed by atoms with Crippen LogP contribution >= 0.6 is 0 Å². The van der Waals surface area contributed by atoms with Crippen LogP contribution in [0.2, 0.25) is 0 Å². The topological polar surface area (TPSA) is 0 Å². The van der Waals surface area contributed by atoms with Crippen LogP contribution in [-0.4, -0.2) is 23.1 Å². The minimum atomic E-state index is 0. The summed E-state index contributed by atoms with van der Waals surface area (Å²) in [5, 5.41) is 0. The molecule has 0 saturated heterocycles. The van der Waals surface area contributed by atoms with Crippen molar-refractivity contribution in [3.05, 3.63) is 19.1 Å². The molecule has 0 radical (unpaired) electrons. The summed E-state index contributed by atoms with van der Waals surface area (Å²) < 4.78 is 0. The molecule has 1 fully saturated rings. The molecule has 52 valence electrons. The maximum atomic E-state index is 4.14. The van der Waals surface area contributed by atoms with Crippen LogP contribution in [0.4, 0.5) is 0 Å². The molecule has 0 spiro atoms. The van der Waals surface area contributed by atoms with Crippen LogP contribution in [0.3, 0.4) is 0 Å². The van der Waals surface area contributed by atoms with Crippen molar-refractivity contribution in [3.63, 3.8) is 0 Å². The van der Waals surface area contributed by atoms with Gasteiger partial charge in [0, 0.05) is 0 Å². The Morgan fingerprint density at radius 1 is 1.50 bits per heavy atom. The van der Waals surface area contributed by atoms with Crippen molar-refractivity contribution in [2.45, 2.75) is 19.3 Å². The summed E-state index contributed by atoms with van der Waals surface area (Å²) >= 11 is 0. The Balaban J connectivity index is 0.000000405. The molecule has 10 heavy (non-hydrogen) atoms. The van der Waals surface area contributed by atoms with E-state index in [1.54, 1.807) is 0 Å². The van der Waals surface area contributed by atoms with Crippen LogP contribution < -0.4 is 17.0 Å². The molecule has 2 atom stereocenters. The molecule has 0 amide bonds. The van der Waals surface area contributed by atoms with E-state index in [9.17, 15) is 0 Å². The second-order valence-corrected chi connectivity index (χ2v) is 3.22. The average molecular weight is 211 g/mol. The predicted octanol–water partition coefficient (Wildman–Crippen LogP) is -1.20. The molecule has 2 aliphatic rings. The molecule has 0 N–H and O–H groups in total. The summed E-state index contributed by atoms with van der Waals surface area (Å²) in [6.45, 7) is 4.14. The molecular weight excluding hydrogens is 200 g/mol. The number of hydrogen-bond acceptors (Lipinski definition) is 0. The van der Waals surface area contributed by atoms with Crippen LogP contribution in [0.15, 0.2) is 12.2 Å². The predicted molar refractivity (Wildman–Crippen MR) is 40.0 cm³/mol. The summed E-state index contributed by atoms with van der Waals surface area (Å²) in [6.07, 6.45) is 8.67. The Hall–Kier alpha value is 0.986. The first kappa shape index (κ1) is 11.0. The van der Waals surface area contributed by atoms with Crippen molar-refractivity contribution in [1.82, 2.24) is 0 Å². The molecule has 0 nitrogen and oxygen atoms in total. The van der Waals surface area contributed by atoms with Gasteiger partial charge in [-0.25, -0.2) is 0 Å². The van der Waals surface area contributed by atoms with Gasteiger partial charge in [-0.05, 0) is 12.3 Å². The fourth-order valence-electron chi connectivity index (χ4n) is 1.85. The van der Waals surface area contributed by atoms with E-state index in [1.807, 2.05) is 0 Å². The smallest absolute Gasteiger partial charge is 1.00 e. The van der Waals surface area contributed by atoms with Gasteiger partial charge in [0.1, 0.15) is 0 Å². The zero-order valence-corrected chi connectivity index (χ0v) is 9.15. The van der Waals surface area contributed by atoms with E-state index in [2.05, 4.69) is 19.1 Å². The first-order valence-electron chi connectivity index (χ1n) is 3.33. The van der Waals surface area contributed by atoms with Gasteiger partial charge in [0.15, 0.2) is 0 Å². The maximum Gasteiger partial charge on any atom is 2.00 e. The minimum Gasteiger partial charge on any atom is -1.00 e. The zero-order valence-electron chi connectivity index (χ0n) is 6.15. The summed E-state index contributed by atoms with van der Waals surface area (Å²) in [6, 6.07) is 0. The third kappa shape index (κ3) is 1.77. The molecule has 2 rings (SSSR count). The summed E-state index contributed by atoms with van der Waals surface area (Å²) in [5.41, 5.74) is 0.380. The molecule has 0 aromatic carbocycles. The maximum absolute atomic E-state index is 4.14. The second-order valence-electron chi connectivity index (χ2n) is 3.22. The normalized spacial score (nSPS) is 40.7. The molecule has 2 heteroatoms. The van der Waals surface area contributed by atoms with Crippen LogP contribution in [-0.2, 0) is 0 Å². The van der Waals surface area contributed by atoms with Gasteiger partial charge in [-0.15, -0.1) is 11.5 Å². The number of allylic oxidation sites excluding steroid dienone is 2. The Morgan fingerprint density at radius 3 is 2.30 bits per heavy atom. The van der Waals surface area contributed by atoms with Crippen LogP contribution in [0, 0.1) is 18.3 Å². The van der Waals surface area contributed by atoms with Gasteiger partial charge < -0.3 is 23.9 Å². The standard InChI is InChI=1S/C8H11.BrH.Mg/c1-8-4-2-7(6-8)3-5-8;;/h2,4,7H,1,3,5-6H2;1H;/q-1;;+2/p-1. The van der Waals surface area contributed by atoms with Crippen molar-refractivity contribution in [2.75, 3.05) is 0 Å². The van der Waals surface area contributed by atoms with E-state index in [4.69, 9.17) is 0 Å². The van der Waals surface area contributed by atoms with E-state index < -0.39 is 0 Å². The van der Waals surface area contributed by atoms with Crippen molar-refractivity contribution < 1.29 is 17.0 Å². The third-order valence-electron chi connectivity index (χ3n) is 2.40. The number of hydrogen-bond donors (Lipinski definition) is 0. The Kier molecular flexibility index (Phi) is 3.94. The van der Waals surface area contributed by atoms with Crippen molar-refractivity contribution in [2.24, 2.45) is 11.3 Å². The summed E-state index contributed by atoms with van der Waals surface area (Å²) in [5.74, 6) is 0.896. The molecule has 0 aromatic heterocycles. The first-order chi connectivity index (χ1) is 3.79. The monoisotopic (exact) mass is 210 g/mol. The van der Waals surface area contributed by atoms with Gasteiger partial charge in [0.05, 0.1) is 0 Å². The first-order valence-corrected chi connectivity index (χ1v) is 3.33. The fourth-order valence-corrected chi connectivity index (χ4v) is 1.85. The van der Waals surface area contributed by atoms with E-state index in [0.29, 0.717) is 5.41 Å². The van der Waals surface area contributed by atoms with Gasteiger partial charge in [0.2, 0.25) is 0 Å². The number of fused-ring (bicyclic) bond motifs is 2. The van der Waals surface area contributed by atoms with Gasteiger partial charge >= 0.3 is 23.1 Å². The third-order valence-corrected chi connectivity index (χ3v) is 2.40.